The number of phenolic OH excluding ortho intramolecular Hbond substituents is 2. The highest BCUT2D eigenvalue weighted by atomic mass is 16.7. The lowest BCUT2D eigenvalue weighted by atomic mass is 9.73. The quantitative estimate of drug-likeness (QED) is 0.418. The molecule has 1 fully saturated rings. The van der Waals surface area contributed by atoms with E-state index in [1.165, 1.54) is 24.2 Å². The van der Waals surface area contributed by atoms with Crippen LogP contribution in [0.5, 0.6) is 34.5 Å². The molecule has 4 atom stereocenters. The lowest BCUT2D eigenvalue weighted by Crippen LogP contribution is -2.69. The molecule has 0 aliphatic carbocycles. The molecule has 2 aromatic rings. The van der Waals surface area contributed by atoms with E-state index in [-0.39, 0.29) is 50.1 Å². The number of hydrogen-bond donors (Lipinski definition) is 3. The smallest absolute Gasteiger partial charge is 0.411 e. The second-order valence-corrected chi connectivity index (χ2v) is 10.5. The van der Waals surface area contributed by atoms with E-state index in [9.17, 15) is 24.9 Å². The molecule has 2 bridgehead atoms. The van der Waals surface area contributed by atoms with E-state index in [2.05, 4.69) is 13.2 Å². The first kappa shape index (κ1) is 27.6. The van der Waals surface area contributed by atoms with Crippen LogP contribution in [0.4, 0.5) is 4.79 Å². The van der Waals surface area contributed by atoms with Crippen LogP contribution in [0, 0.1) is 6.92 Å². The topological polar surface area (TPSA) is 147 Å². The summed E-state index contributed by atoms with van der Waals surface area (Å²) < 4.78 is 28.5. The highest BCUT2D eigenvalue weighted by Crippen LogP contribution is 2.58. The molecule has 12 nitrogen and oxygen atoms in total. The number of phenols is 2. The number of nitrogens with zero attached hydrogens (tertiary/aromatic N) is 2. The van der Waals surface area contributed by atoms with Gasteiger partial charge in [-0.3, -0.25) is 9.69 Å². The number of carbonyl (C=O) groups excluding carboxylic acids is 2. The molecule has 3 N–H and O–H groups in total. The van der Waals surface area contributed by atoms with Gasteiger partial charge in [-0.05, 0) is 25.0 Å². The number of aliphatic hydroxyl groups is 1. The van der Waals surface area contributed by atoms with Gasteiger partial charge in [-0.15, -0.1) is 0 Å². The average Bonchev–Trinajstić information content (AvgIpc) is 3.47. The second-order valence-electron chi connectivity index (χ2n) is 10.5. The lowest BCUT2D eigenvalue weighted by molar-refractivity contribution is -0.158. The first-order valence-electron chi connectivity index (χ1n) is 13.6. The second kappa shape index (κ2) is 10.4. The summed E-state index contributed by atoms with van der Waals surface area (Å²) in [5.41, 5.74) is 2.77. The fraction of sp³-hybridized carbons (Fsp3) is 0.400. The highest BCUT2D eigenvalue weighted by molar-refractivity contribution is 5.91. The van der Waals surface area contributed by atoms with Crippen LogP contribution in [0.2, 0.25) is 0 Å². The van der Waals surface area contributed by atoms with Gasteiger partial charge in [-0.25, -0.2) is 4.79 Å². The van der Waals surface area contributed by atoms with E-state index < -0.39 is 42.8 Å². The molecule has 222 valence electrons. The fourth-order valence-corrected chi connectivity index (χ4v) is 6.92. The Hall–Kier alpha value is -4.58. The Balaban J connectivity index is 1.60. The number of benzene rings is 2. The van der Waals surface area contributed by atoms with Gasteiger partial charge < -0.3 is 43.9 Å². The largest absolute Gasteiger partial charge is 0.504 e. The summed E-state index contributed by atoms with van der Waals surface area (Å²) in [4.78, 5) is 30.8. The number of piperazine rings is 1. The Labute approximate surface area is 241 Å². The van der Waals surface area contributed by atoms with Gasteiger partial charge >= 0.3 is 6.09 Å². The number of fused-ring (bicyclic) bond motifs is 9. The molecular formula is C30H32N2O10. The van der Waals surface area contributed by atoms with Gasteiger partial charge in [-0.1, -0.05) is 25.3 Å². The summed E-state index contributed by atoms with van der Waals surface area (Å²) in [6.07, 6.45) is 2.44. The summed E-state index contributed by atoms with van der Waals surface area (Å²) in [5, 5.41) is 32.8. The van der Waals surface area contributed by atoms with Crippen LogP contribution in [0.25, 0.3) is 0 Å². The van der Waals surface area contributed by atoms with Gasteiger partial charge in [0.15, 0.2) is 23.0 Å². The van der Waals surface area contributed by atoms with Crippen molar-refractivity contribution in [3.05, 3.63) is 59.2 Å². The molecule has 6 rings (SSSR count). The van der Waals surface area contributed by atoms with Crippen LogP contribution in [0.3, 0.4) is 0 Å². The Morgan fingerprint density at radius 3 is 2.55 bits per heavy atom. The van der Waals surface area contributed by atoms with E-state index >= 15 is 0 Å². The summed E-state index contributed by atoms with van der Waals surface area (Å²) in [6.45, 7) is 8.82. The maximum absolute atomic E-state index is 14.3. The van der Waals surface area contributed by atoms with E-state index in [1.807, 2.05) is 6.92 Å². The van der Waals surface area contributed by atoms with Crippen LogP contribution >= 0.6 is 0 Å². The third-order valence-electron chi connectivity index (χ3n) is 8.44. The van der Waals surface area contributed by atoms with Crippen molar-refractivity contribution in [3.8, 4) is 34.5 Å². The number of rotatable bonds is 7. The molecule has 1 saturated heterocycles. The minimum absolute atomic E-state index is 0.00743. The molecule has 4 aliphatic rings. The maximum atomic E-state index is 14.3. The Morgan fingerprint density at radius 2 is 1.86 bits per heavy atom. The third-order valence-corrected chi connectivity index (χ3v) is 8.44. The normalized spacial score (nSPS) is 23.0. The molecule has 0 radical (unpaired) electrons. The predicted octanol–water partition coefficient (Wildman–Crippen LogP) is 2.80. The van der Waals surface area contributed by atoms with Crippen LogP contribution in [0.15, 0.2) is 31.4 Å². The fourth-order valence-electron chi connectivity index (χ4n) is 6.92. The minimum atomic E-state index is -1.04. The monoisotopic (exact) mass is 580 g/mol. The van der Waals surface area contributed by atoms with Gasteiger partial charge in [0, 0.05) is 28.7 Å². The summed E-state index contributed by atoms with van der Waals surface area (Å²) in [7, 11) is 1.31. The number of aliphatic hydroxyl groups excluding tert-OH is 1. The first-order chi connectivity index (χ1) is 20.3. The molecular weight excluding hydrogens is 548 g/mol. The predicted molar refractivity (Wildman–Crippen MR) is 147 cm³/mol. The van der Waals surface area contributed by atoms with Crippen molar-refractivity contribution in [1.82, 2.24) is 9.80 Å². The zero-order valence-corrected chi connectivity index (χ0v) is 23.3. The van der Waals surface area contributed by atoms with Crippen molar-refractivity contribution in [2.45, 2.75) is 43.9 Å². The number of methoxy groups -OCH3 is 1. The summed E-state index contributed by atoms with van der Waals surface area (Å²) in [6, 6.07) is -2.16. The van der Waals surface area contributed by atoms with E-state index in [0.29, 0.717) is 45.1 Å². The standard InChI is InChI=1S/C30H32N2O10/c1-5-7-39-25-14(3)26-28(42-13-41-26)22-16(25)11-17-23-21-15(10-20(34)27(38-4)24(21)35)9-18(29(36)31(17)19(22)12-33)32(23)30(37)40-8-6-2/h5-6,10,17-19,23,33-35H,1-2,7-9,11-13H2,3-4H3/t17-,18+,19-,23+/m0/s1. The molecule has 0 unspecified atom stereocenters. The van der Waals surface area contributed by atoms with E-state index in [1.54, 1.807) is 11.0 Å². The summed E-state index contributed by atoms with van der Waals surface area (Å²) >= 11 is 0. The van der Waals surface area contributed by atoms with Crippen LogP contribution < -0.4 is 18.9 Å². The maximum Gasteiger partial charge on any atom is 0.411 e. The van der Waals surface area contributed by atoms with Crippen LogP contribution in [0.1, 0.15) is 39.9 Å². The Bertz CT molecular complexity index is 1500. The molecule has 4 heterocycles. The van der Waals surface area contributed by atoms with Gasteiger partial charge in [0.25, 0.3) is 0 Å². The van der Waals surface area contributed by atoms with Crippen molar-refractivity contribution in [2.24, 2.45) is 0 Å². The molecule has 2 aromatic carbocycles. The molecule has 12 heteroatoms. The molecule has 0 aromatic heterocycles. The molecule has 2 amide bonds. The van der Waals surface area contributed by atoms with Gasteiger partial charge in [0.1, 0.15) is 25.0 Å². The van der Waals surface area contributed by atoms with Crippen molar-refractivity contribution in [1.29, 1.82) is 0 Å². The van der Waals surface area contributed by atoms with E-state index in [0.717, 1.165) is 0 Å². The zero-order chi connectivity index (χ0) is 29.9. The Morgan fingerprint density at radius 1 is 1.12 bits per heavy atom. The first-order valence-corrected chi connectivity index (χ1v) is 13.6. The Kier molecular flexibility index (Phi) is 6.80. The molecule has 0 spiro atoms. The average molecular weight is 581 g/mol. The van der Waals surface area contributed by atoms with Crippen molar-refractivity contribution < 1.29 is 48.6 Å². The number of ether oxygens (including phenoxy) is 5. The number of amides is 2. The van der Waals surface area contributed by atoms with Crippen molar-refractivity contribution in [2.75, 3.05) is 33.7 Å². The zero-order valence-electron chi connectivity index (χ0n) is 23.3. The highest BCUT2D eigenvalue weighted by Gasteiger charge is 2.58. The lowest BCUT2D eigenvalue weighted by Gasteiger charge is -2.57. The molecule has 4 aliphatic heterocycles. The van der Waals surface area contributed by atoms with E-state index in [4.69, 9.17) is 23.7 Å². The minimum Gasteiger partial charge on any atom is -0.504 e. The number of hydrogen-bond acceptors (Lipinski definition) is 10. The number of aromatic hydroxyl groups is 2. The SMILES string of the molecule is C=CCOC(=O)N1[C@@H]2Cc3cc(O)c(OC)c(O)c3[C@H]1[C@@H]1Cc3c(OCC=C)c(C)c4c(c3[C@H](CO)N1C2=O)OCO4. The van der Waals surface area contributed by atoms with Crippen molar-refractivity contribution >= 4 is 12.0 Å². The van der Waals surface area contributed by atoms with Crippen LogP contribution in [-0.4, -0.2) is 82.9 Å². The van der Waals surface area contributed by atoms with Crippen LogP contribution in [-0.2, 0) is 22.4 Å². The van der Waals surface area contributed by atoms with Gasteiger partial charge in [0.2, 0.25) is 18.4 Å². The van der Waals surface area contributed by atoms with Gasteiger partial charge in [-0.2, -0.15) is 0 Å². The van der Waals surface area contributed by atoms with Gasteiger partial charge in [0.05, 0.1) is 31.8 Å². The summed E-state index contributed by atoms with van der Waals surface area (Å²) in [5.74, 6) is 0.218. The molecule has 0 saturated carbocycles. The number of carbonyl (C=O) groups is 2. The third kappa shape index (κ3) is 3.78. The van der Waals surface area contributed by atoms with Crippen molar-refractivity contribution in [3.63, 3.8) is 0 Å². The molecule has 42 heavy (non-hydrogen) atoms.